The molecule has 102 valence electrons. The molecule has 0 radical (unpaired) electrons. The second-order valence-electron chi connectivity index (χ2n) is 4.19. The number of rotatable bonds is 6. The first-order valence-electron chi connectivity index (χ1n) is 6.09. The zero-order valence-electron chi connectivity index (χ0n) is 11.3. The van der Waals surface area contributed by atoms with E-state index in [9.17, 15) is 0 Å². The van der Waals surface area contributed by atoms with Gasteiger partial charge in [0, 0.05) is 11.4 Å². The molecule has 0 amide bonds. The normalized spacial score (nSPS) is 12.2. The third-order valence-electron chi connectivity index (χ3n) is 2.98. The summed E-state index contributed by atoms with van der Waals surface area (Å²) in [6.45, 7) is 2.56. The van der Waals surface area contributed by atoms with Gasteiger partial charge in [0.2, 0.25) is 0 Å². The molecule has 1 unspecified atom stereocenters. The molecule has 0 aliphatic heterocycles. The number of thiazole rings is 1. The molecule has 1 N–H and O–H groups in total. The molecular weight excluding hydrogens is 260 g/mol. The average Bonchev–Trinajstić information content (AvgIpc) is 2.97. The Kier molecular flexibility index (Phi) is 4.76. The third-order valence-corrected chi connectivity index (χ3v) is 3.61. The smallest absolute Gasteiger partial charge is 0.161 e. The Labute approximate surface area is 117 Å². The maximum absolute atomic E-state index is 5.74. The minimum absolute atomic E-state index is 0.279. The van der Waals surface area contributed by atoms with Crippen molar-refractivity contribution in [3.8, 4) is 11.5 Å². The van der Waals surface area contributed by atoms with Crippen molar-refractivity contribution in [2.75, 3.05) is 14.2 Å². The van der Waals surface area contributed by atoms with Gasteiger partial charge in [-0.05, 0) is 31.7 Å². The Morgan fingerprint density at radius 1 is 1.37 bits per heavy atom. The maximum atomic E-state index is 5.74. The Morgan fingerprint density at radius 3 is 2.84 bits per heavy atom. The SMILES string of the molecule is CNC(C)c1ccc(OCc2cscn2)c(OC)c1. The Bertz CT molecular complexity index is 514. The molecule has 5 heteroatoms. The number of benzene rings is 1. The summed E-state index contributed by atoms with van der Waals surface area (Å²) in [5.41, 5.74) is 3.90. The van der Waals surface area contributed by atoms with Gasteiger partial charge in [0.15, 0.2) is 11.5 Å². The number of hydrogen-bond acceptors (Lipinski definition) is 5. The van der Waals surface area contributed by atoms with Crippen molar-refractivity contribution in [2.24, 2.45) is 0 Å². The summed E-state index contributed by atoms with van der Waals surface area (Å²) in [7, 11) is 3.59. The summed E-state index contributed by atoms with van der Waals surface area (Å²) in [6, 6.07) is 6.26. The van der Waals surface area contributed by atoms with Crippen LogP contribution in [0.1, 0.15) is 24.2 Å². The van der Waals surface area contributed by atoms with Crippen LogP contribution in [0.25, 0.3) is 0 Å². The summed E-state index contributed by atoms with van der Waals surface area (Å²) in [6.07, 6.45) is 0. The van der Waals surface area contributed by atoms with Crippen molar-refractivity contribution in [2.45, 2.75) is 19.6 Å². The minimum Gasteiger partial charge on any atom is -0.493 e. The van der Waals surface area contributed by atoms with Crippen LogP contribution in [0.2, 0.25) is 0 Å². The zero-order chi connectivity index (χ0) is 13.7. The van der Waals surface area contributed by atoms with E-state index in [0.717, 1.165) is 17.2 Å². The van der Waals surface area contributed by atoms with Gasteiger partial charge in [-0.15, -0.1) is 11.3 Å². The van der Waals surface area contributed by atoms with Crippen LogP contribution < -0.4 is 14.8 Å². The van der Waals surface area contributed by atoms with Crippen LogP contribution in [0.3, 0.4) is 0 Å². The number of nitrogens with zero attached hydrogens (tertiary/aromatic N) is 1. The molecular formula is C14H18N2O2S. The first-order valence-corrected chi connectivity index (χ1v) is 7.04. The lowest BCUT2D eigenvalue weighted by Gasteiger charge is -2.15. The zero-order valence-corrected chi connectivity index (χ0v) is 12.2. The van der Waals surface area contributed by atoms with Gasteiger partial charge >= 0.3 is 0 Å². The highest BCUT2D eigenvalue weighted by Crippen LogP contribution is 2.30. The van der Waals surface area contributed by atoms with E-state index in [2.05, 4.69) is 17.2 Å². The molecule has 0 saturated carbocycles. The first-order chi connectivity index (χ1) is 9.24. The minimum atomic E-state index is 0.279. The van der Waals surface area contributed by atoms with E-state index in [1.165, 1.54) is 5.56 Å². The topological polar surface area (TPSA) is 43.4 Å². The molecule has 0 fully saturated rings. The molecule has 1 aromatic carbocycles. The number of ether oxygens (including phenoxy) is 2. The molecule has 0 bridgehead atoms. The Morgan fingerprint density at radius 2 is 2.21 bits per heavy atom. The van der Waals surface area contributed by atoms with E-state index in [0.29, 0.717) is 6.61 Å². The number of aromatic nitrogens is 1. The molecule has 0 saturated heterocycles. The Balaban J connectivity index is 2.11. The monoisotopic (exact) mass is 278 g/mol. The molecule has 0 aliphatic rings. The second-order valence-corrected chi connectivity index (χ2v) is 4.91. The third kappa shape index (κ3) is 3.45. The van der Waals surface area contributed by atoms with Gasteiger partial charge in [-0.2, -0.15) is 0 Å². The lowest BCUT2D eigenvalue weighted by molar-refractivity contribution is 0.281. The van der Waals surface area contributed by atoms with E-state index >= 15 is 0 Å². The summed E-state index contributed by atoms with van der Waals surface area (Å²) in [5.74, 6) is 1.48. The van der Waals surface area contributed by atoms with Crippen LogP contribution >= 0.6 is 11.3 Å². The number of nitrogens with one attached hydrogen (secondary N) is 1. The fourth-order valence-corrected chi connectivity index (χ4v) is 2.24. The van der Waals surface area contributed by atoms with Crippen LogP contribution in [0.4, 0.5) is 0 Å². The van der Waals surface area contributed by atoms with Crippen LogP contribution in [-0.2, 0) is 6.61 Å². The second kappa shape index (κ2) is 6.54. The maximum Gasteiger partial charge on any atom is 0.161 e. The fourth-order valence-electron chi connectivity index (χ4n) is 1.70. The van der Waals surface area contributed by atoms with Crippen LogP contribution in [0, 0.1) is 0 Å². The van der Waals surface area contributed by atoms with Crippen LogP contribution in [0.15, 0.2) is 29.1 Å². The molecule has 0 spiro atoms. The molecule has 4 nitrogen and oxygen atoms in total. The van der Waals surface area contributed by atoms with E-state index in [1.807, 2.05) is 30.6 Å². The molecule has 1 atom stereocenters. The van der Waals surface area contributed by atoms with Gasteiger partial charge in [-0.1, -0.05) is 6.07 Å². The molecule has 0 aliphatic carbocycles. The molecule has 2 rings (SSSR count). The van der Waals surface area contributed by atoms with Crippen molar-refractivity contribution in [3.63, 3.8) is 0 Å². The van der Waals surface area contributed by atoms with Gasteiger partial charge in [0.05, 0.1) is 18.3 Å². The van der Waals surface area contributed by atoms with Gasteiger partial charge in [0.25, 0.3) is 0 Å². The van der Waals surface area contributed by atoms with E-state index in [-0.39, 0.29) is 6.04 Å². The van der Waals surface area contributed by atoms with Crippen molar-refractivity contribution in [1.29, 1.82) is 0 Å². The first kappa shape index (κ1) is 13.8. The van der Waals surface area contributed by atoms with E-state index in [4.69, 9.17) is 9.47 Å². The highest BCUT2D eigenvalue weighted by atomic mass is 32.1. The van der Waals surface area contributed by atoms with Crippen LogP contribution in [-0.4, -0.2) is 19.1 Å². The molecule has 1 heterocycles. The summed E-state index contributed by atoms with van der Waals surface area (Å²) >= 11 is 1.56. The Hall–Kier alpha value is -1.59. The quantitative estimate of drug-likeness (QED) is 0.882. The highest BCUT2D eigenvalue weighted by molar-refractivity contribution is 7.07. The largest absolute Gasteiger partial charge is 0.493 e. The van der Waals surface area contributed by atoms with Crippen LogP contribution in [0.5, 0.6) is 11.5 Å². The lowest BCUT2D eigenvalue weighted by atomic mass is 10.1. The van der Waals surface area contributed by atoms with Gasteiger partial charge in [0.1, 0.15) is 6.61 Å². The highest BCUT2D eigenvalue weighted by Gasteiger charge is 2.09. The average molecular weight is 278 g/mol. The van der Waals surface area contributed by atoms with Crippen molar-refractivity contribution >= 4 is 11.3 Å². The van der Waals surface area contributed by atoms with Crippen molar-refractivity contribution < 1.29 is 9.47 Å². The predicted molar refractivity (Wildman–Crippen MR) is 76.9 cm³/mol. The standard InChI is InChI=1S/C14H18N2O2S/c1-10(15-2)11-4-5-13(14(6-11)17-3)18-7-12-8-19-9-16-12/h4-6,8-10,15H,7H2,1-3H3. The van der Waals surface area contributed by atoms with Gasteiger partial charge in [-0.3, -0.25) is 0 Å². The van der Waals surface area contributed by atoms with Gasteiger partial charge < -0.3 is 14.8 Å². The molecule has 1 aromatic heterocycles. The number of hydrogen-bond donors (Lipinski definition) is 1. The fraction of sp³-hybridized carbons (Fsp3) is 0.357. The van der Waals surface area contributed by atoms with E-state index in [1.54, 1.807) is 24.0 Å². The lowest BCUT2D eigenvalue weighted by Crippen LogP contribution is -2.12. The van der Waals surface area contributed by atoms with Crippen molar-refractivity contribution in [3.05, 3.63) is 40.3 Å². The van der Waals surface area contributed by atoms with Crippen molar-refractivity contribution in [1.82, 2.24) is 10.3 Å². The predicted octanol–water partition coefficient (Wildman–Crippen LogP) is 3.01. The summed E-state index contributed by atoms with van der Waals surface area (Å²) < 4.78 is 11.1. The summed E-state index contributed by atoms with van der Waals surface area (Å²) in [5, 5.41) is 5.18. The molecule has 19 heavy (non-hydrogen) atoms. The van der Waals surface area contributed by atoms with Gasteiger partial charge in [-0.25, -0.2) is 4.98 Å². The summed E-state index contributed by atoms with van der Waals surface area (Å²) in [4.78, 5) is 4.19. The molecule has 2 aromatic rings. The number of methoxy groups -OCH3 is 1. The van der Waals surface area contributed by atoms with E-state index < -0.39 is 0 Å².